The first-order valence-corrected chi connectivity index (χ1v) is 11.4. The fraction of sp³-hybridized carbons (Fsp3) is 0.611. The lowest BCUT2D eigenvalue weighted by molar-refractivity contribution is -0.0495. The topological polar surface area (TPSA) is 92.3 Å². The van der Waals surface area contributed by atoms with E-state index >= 15 is 0 Å². The molecule has 0 aromatic heterocycles. The summed E-state index contributed by atoms with van der Waals surface area (Å²) in [5.74, 6) is 0.756. The monoisotopic (exact) mass is 434 g/mol. The van der Waals surface area contributed by atoms with Crippen LogP contribution in [-0.2, 0) is 14.6 Å². The molecule has 0 aliphatic carbocycles. The number of hydrogen-bond donors (Lipinski definition) is 2. The Kier molecular flexibility index (Phi) is 8.90. The molecule has 0 spiro atoms. The normalized spacial score (nSPS) is 17.6. The van der Waals surface area contributed by atoms with E-state index in [1.54, 1.807) is 25.2 Å². The second kappa shape index (κ2) is 11.1. The molecule has 29 heavy (non-hydrogen) atoms. The number of para-hydroxylation sites is 2. The number of guanidine groups is 1. The highest BCUT2D eigenvalue weighted by molar-refractivity contribution is 7.90. The third-order valence-electron chi connectivity index (χ3n) is 4.31. The fourth-order valence-corrected chi connectivity index (χ4v) is 3.37. The van der Waals surface area contributed by atoms with E-state index in [9.17, 15) is 17.2 Å². The van der Waals surface area contributed by atoms with Crippen LogP contribution in [0.15, 0.2) is 29.3 Å². The second-order valence-electron chi connectivity index (χ2n) is 6.66. The van der Waals surface area contributed by atoms with Crippen LogP contribution in [0.5, 0.6) is 5.75 Å². The van der Waals surface area contributed by atoms with Crippen LogP contribution in [0, 0.1) is 0 Å². The molecule has 2 N–H and O–H groups in total. The van der Waals surface area contributed by atoms with Gasteiger partial charge in [-0.25, -0.2) is 8.42 Å². The molecule has 1 atom stereocenters. The van der Waals surface area contributed by atoms with Crippen LogP contribution in [0.3, 0.4) is 0 Å². The molecule has 1 saturated heterocycles. The van der Waals surface area contributed by atoms with Crippen molar-refractivity contribution in [1.82, 2.24) is 10.6 Å². The molecule has 0 radical (unpaired) electrons. The number of benzene rings is 1. The first kappa shape index (κ1) is 23.1. The standard InChI is InChI=1S/C18H28F2N4O4S/c1-21-18(22-8-10-27-11-12-29(2,25)26)23-14-7-9-24(13-14)15-5-3-4-6-16(15)28-17(19)20/h3-6,14,17H,7-13H2,1-2H3,(H2,21,22,23). The highest BCUT2D eigenvalue weighted by Crippen LogP contribution is 2.31. The molecular formula is C18H28F2N4O4S. The minimum atomic E-state index is -3.02. The second-order valence-corrected chi connectivity index (χ2v) is 8.92. The summed E-state index contributed by atoms with van der Waals surface area (Å²) in [6.07, 6.45) is 1.98. The van der Waals surface area contributed by atoms with Crippen molar-refractivity contribution < 1.29 is 26.7 Å². The molecule has 1 aliphatic heterocycles. The molecule has 8 nitrogen and oxygen atoms in total. The first-order valence-electron chi connectivity index (χ1n) is 9.30. The van der Waals surface area contributed by atoms with Crippen LogP contribution < -0.4 is 20.3 Å². The average Bonchev–Trinajstić information content (AvgIpc) is 3.11. The number of ether oxygens (including phenoxy) is 2. The van der Waals surface area contributed by atoms with Crippen LogP contribution in [0.1, 0.15) is 6.42 Å². The smallest absolute Gasteiger partial charge is 0.387 e. The number of halogens is 2. The number of hydrogen-bond acceptors (Lipinski definition) is 6. The van der Waals surface area contributed by atoms with Crippen molar-refractivity contribution in [3.63, 3.8) is 0 Å². The van der Waals surface area contributed by atoms with Gasteiger partial charge in [-0.15, -0.1) is 0 Å². The van der Waals surface area contributed by atoms with E-state index in [2.05, 4.69) is 20.4 Å². The number of anilines is 1. The number of nitrogens with one attached hydrogen (secondary N) is 2. The number of aliphatic imine (C=N–C) groups is 1. The maximum absolute atomic E-state index is 12.6. The summed E-state index contributed by atoms with van der Waals surface area (Å²) < 4.78 is 57.2. The Hall–Kier alpha value is -2.14. The molecule has 0 amide bonds. The Balaban J connectivity index is 1.77. The van der Waals surface area contributed by atoms with Gasteiger partial charge in [0.1, 0.15) is 15.6 Å². The zero-order valence-corrected chi connectivity index (χ0v) is 17.4. The predicted molar refractivity (Wildman–Crippen MR) is 109 cm³/mol. The maximum atomic E-state index is 12.6. The number of nitrogens with zero attached hydrogens (tertiary/aromatic N) is 2. The van der Waals surface area contributed by atoms with Crippen molar-refractivity contribution in [2.75, 3.05) is 56.8 Å². The lowest BCUT2D eigenvalue weighted by Crippen LogP contribution is -2.45. The van der Waals surface area contributed by atoms with Crippen molar-refractivity contribution in [3.05, 3.63) is 24.3 Å². The van der Waals surface area contributed by atoms with Gasteiger partial charge in [0.2, 0.25) is 0 Å². The van der Waals surface area contributed by atoms with Gasteiger partial charge >= 0.3 is 6.61 Å². The summed E-state index contributed by atoms with van der Waals surface area (Å²) >= 11 is 0. The lowest BCUT2D eigenvalue weighted by atomic mass is 10.2. The molecule has 1 aromatic carbocycles. The lowest BCUT2D eigenvalue weighted by Gasteiger charge is -2.22. The molecule has 0 saturated carbocycles. The Morgan fingerprint density at radius 2 is 2.10 bits per heavy atom. The Morgan fingerprint density at radius 3 is 2.79 bits per heavy atom. The number of alkyl halides is 2. The van der Waals surface area contributed by atoms with Gasteiger partial charge in [-0.05, 0) is 18.6 Å². The van der Waals surface area contributed by atoms with Crippen LogP contribution in [-0.4, -0.2) is 78.9 Å². The molecule has 1 aromatic rings. The van der Waals surface area contributed by atoms with E-state index in [-0.39, 0.29) is 24.2 Å². The quantitative estimate of drug-likeness (QED) is 0.324. The average molecular weight is 435 g/mol. The Morgan fingerprint density at radius 1 is 1.34 bits per heavy atom. The molecule has 1 unspecified atom stereocenters. The van der Waals surface area contributed by atoms with Gasteiger partial charge in [-0.2, -0.15) is 8.78 Å². The van der Waals surface area contributed by atoms with E-state index in [1.807, 2.05) is 4.90 Å². The largest absolute Gasteiger partial charge is 0.433 e. The van der Waals surface area contributed by atoms with Crippen molar-refractivity contribution in [3.8, 4) is 5.75 Å². The van der Waals surface area contributed by atoms with E-state index in [1.165, 1.54) is 12.3 Å². The van der Waals surface area contributed by atoms with Crippen LogP contribution in [0.4, 0.5) is 14.5 Å². The van der Waals surface area contributed by atoms with Crippen LogP contribution in [0.2, 0.25) is 0 Å². The zero-order valence-electron chi connectivity index (χ0n) is 16.6. The van der Waals surface area contributed by atoms with Gasteiger partial charge in [0, 0.05) is 39.0 Å². The van der Waals surface area contributed by atoms with E-state index < -0.39 is 16.4 Å². The van der Waals surface area contributed by atoms with Gasteiger partial charge in [-0.1, -0.05) is 12.1 Å². The van der Waals surface area contributed by atoms with Gasteiger partial charge in [0.25, 0.3) is 0 Å². The first-order chi connectivity index (χ1) is 13.8. The summed E-state index contributed by atoms with van der Waals surface area (Å²) in [5.41, 5.74) is 0.638. The minimum Gasteiger partial charge on any atom is -0.433 e. The minimum absolute atomic E-state index is 0.00533. The summed E-state index contributed by atoms with van der Waals surface area (Å²) in [5, 5.41) is 6.41. The highest BCUT2D eigenvalue weighted by Gasteiger charge is 2.26. The van der Waals surface area contributed by atoms with Gasteiger partial charge < -0.3 is 25.0 Å². The van der Waals surface area contributed by atoms with Crippen molar-refractivity contribution >= 4 is 21.5 Å². The summed E-state index contributed by atoms with van der Waals surface area (Å²) in [4.78, 5) is 6.16. The molecule has 1 fully saturated rings. The summed E-state index contributed by atoms with van der Waals surface area (Å²) in [7, 11) is -1.37. The highest BCUT2D eigenvalue weighted by atomic mass is 32.2. The third-order valence-corrected chi connectivity index (χ3v) is 5.22. The van der Waals surface area contributed by atoms with E-state index in [4.69, 9.17) is 4.74 Å². The molecule has 1 heterocycles. The number of sulfone groups is 1. The zero-order chi connectivity index (χ0) is 21.3. The van der Waals surface area contributed by atoms with Crippen molar-refractivity contribution in [2.24, 2.45) is 4.99 Å². The van der Waals surface area contributed by atoms with Gasteiger partial charge in [0.15, 0.2) is 5.96 Å². The molecule has 2 rings (SSSR count). The summed E-state index contributed by atoms with van der Waals surface area (Å²) in [6, 6.07) is 6.84. The predicted octanol–water partition coefficient (Wildman–Crippen LogP) is 1.09. The summed E-state index contributed by atoms with van der Waals surface area (Å²) in [6.45, 7) is -0.557. The van der Waals surface area contributed by atoms with Gasteiger partial charge in [0.05, 0.1) is 24.7 Å². The van der Waals surface area contributed by atoms with Crippen LogP contribution in [0.25, 0.3) is 0 Å². The Bertz CT molecular complexity index is 777. The SMILES string of the molecule is CN=C(NCCOCCS(C)(=O)=O)NC1CCN(c2ccccc2OC(F)F)C1. The third kappa shape index (κ3) is 8.40. The Labute approximate surface area is 170 Å². The van der Waals surface area contributed by atoms with E-state index in [0.29, 0.717) is 37.9 Å². The van der Waals surface area contributed by atoms with Crippen LogP contribution >= 0.6 is 0 Å². The fourth-order valence-electron chi connectivity index (χ4n) is 2.95. The van der Waals surface area contributed by atoms with Crippen molar-refractivity contribution in [2.45, 2.75) is 19.1 Å². The van der Waals surface area contributed by atoms with E-state index in [0.717, 1.165) is 6.42 Å². The van der Waals surface area contributed by atoms with Gasteiger partial charge in [-0.3, -0.25) is 4.99 Å². The molecule has 1 aliphatic rings. The molecule has 0 bridgehead atoms. The molecular weight excluding hydrogens is 406 g/mol. The van der Waals surface area contributed by atoms with Crippen molar-refractivity contribution in [1.29, 1.82) is 0 Å². The molecule has 11 heteroatoms. The molecule has 164 valence electrons. The number of rotatable bonds is 10. The maximum Gasteiger partial charge on any atom is 0.387 e.